The molecule has 1 amide bonds. The van der Waals surface area contributed by atoms with Crippen molar-refractivity contribution in [3.63, 3.8) is 0 Å². The van der Waals surface area contributed by atoms with E-state index in [1.807, 2.05) is 12.1 Å². The molecule has 0 aliphatic carbocycles. The van der Waals surface area contributed by atoms with Crippen molar-refractivity contribution in [1.29, 1.82) is 0 Å². The minimum atomic E-state index is -0.00610. The molecule has 5 heteroatoms. The van der Waals surface area contributed by atoms with Crippen molar-refractivity contribution in [3.05, 3.63) is 18.2 Å². The Balaban J connectivity index is 2.36. The number of hydrogen-bond acceptors (Lipinski definition) is 4. The zero-order valence-electron chi connectivity index (χ0n) is 10.5. The van der Waals surface area contributed by atoms with E-state index < -0.39 is 0 Å². The number of carbonyl (C=O) groups excluding carboxylic acids is 1. The molecule has 0 aromatic heterocycles. The van der Waals surface area contributed by atoms with E-state index in [1.165, 1.54) is 0 Å². The molecule has 1 heterocycles. The van der Waals surface area contributed by atoms with Crippen LogP contribution in [0.4, 0.5) is 5.69 Å². The summed E-state index contributed by atoms with van der Waals surface area (Å²) in [5.41, 5.74) is 0.692. The zero-order valence-corrected chi connectivity index (χ0v) is 10.5. The molecular weight excluding hydrogens is 234 g/mol. The van der Waals surface area contributed by atoms with Crippen molar-refractivity contribution in [1.82, 2.24) is 0 Å². The van der Waals surface area contributed by atoms with Gasteiger partial charge in [-0.05, 0) is 12.1 Å². The van der Waals surface area contributed by atoms with E-state index in [9.17, 15) is 4.79 Å². The number of hydrogen-bond donors (Lipinski definition) is 1. The van der Waals surface area contributed by atoms with Gasteiger partial charge in [0.15, 0.2) is 11.5 Å². The van der Waals surface area contributed by atoms with Gasteiger partial charge in [-0.2, -0.15) is 0 Å². The van der Waals surface area contributed by atoms with Crippen molar-refractivity contribution in [2.24, 2.45) is 5.92 Å². The molecule has 0 spiro atoms. The predicted molar refractivity (Wildman–Crippen MR) is 67.1 cm³/mol. The van der Waals surface area contributed by atoms with Gasteiger partial charge in [-0.25, -0.2) is 0 Å². The second kappa shape index (κ2) is 5.27. The molecule has 1 fully saturated rings. The maximum atomic E-state index is 11.9. The third-order valence-electron chi connectivity index (χ3n) is 3.14. The van der Waals surface area contributed by atoms with E-state index in [0.717, 1.165) is 0 Å². The molecule has 1 atom stereocenters. The number of carbonyl (C=O) groups is 1. The summed E-state index contributed by atoms with van der Waals surface area (Å²) >= 11 is 0. The molecule has 1 N–H and O–H groups in total. The highest BCUT2D eigenvalue weighted by Crippen LogP contribution is 2.39. The minimum Gasteiger partial charge on any atom is -0.493 e. The highest BCUT2D eigenvalue weighted by Gasteiger charge is 2.32. The van der Waals surface area contributed by atoms with Crippen LogP contribution >= 0.6 is 0 Å². The molecule has 2 rings (SSSR count). The van der Waals surface area contributed by atoms with Crippen LogP contribution in [0.25, 0.3) is 0 Å². The fraction of sp³-hybridized carbons (Fsp3) is 0.462. The average molecular weight is 251 g/mol. The largest absolute Gasteiger partial charge is 0.493 e. The van der Waals surface area contributed by atoms with Crippen molar-refractivity contribution in [2.45, 2.75) is 6.42 Å². The van der Waals surface area contributed by atoms with Gasteiger partial charge in [0.25, 0.3) is 0 Å². The normalized spacial score (nSPS) is 19.2. The van der Waals surface area contributed by atoms with Gasteiger partial charge < -0.3 is 19.5 Å². The maximum Gasteiger partial charge on any atom is 0.227 e. The number of methoxy groups -OCH3 is 2. The van der Waals surface area contributed by atoms with E-state index >= 15 is 0 Å². The monoisotopic (exact) mass is 251 g/mol. The Hall–Kier alpha value is -1.75. The molecule has 1 saturated heterocycles. The van der Waals surface area contributed by atoms with Crippen molar-refractivity contribution < 1.29 is 19.4 Å². The summed E-state index contributed by atoms with van der Waals surface area (Å²) in [6, 6.07) is 5.42. The molecule has 5 nitrogen and oxygen atoms in total. The molecule has 1 aliphatic rings. The van der Waals surface area contributed by atoms with Gasteiger partial charge in [-0.3, -0.25) is 4.79 Å². The Morgan fingerprint density at radius 3 is 2.72 bits per heavy atom. The second-order valence-electron chi connectivity index (χ2n) is 4.27. The summed E-state index contributed by atoms with van der Waals surface area (Å²) in [5.74, 6) is 1.14. The number of rotatable bonds is 4. The number of benzene rings is 1. The fourth-order valence-electron chi connectivity index (χ4n) is 2.22. The molecule has 1 unspecified atom stereocenters. The summed E-state index contributed by atoms with van der Waals surface area (Å²) in [7, 11) is 3.11. The average Bonchev–Trinajstić information content (AvgIpc) is 2.78. The van der Waals surface area contributed by atoms with Gasteiger partial charge in [-0.1, -0.05) is 6.07 Å². The topological polar surface area (TPSA) is 59.0 Å². The summed E-state index contributed by atoms with van der Waals surface area (Å²) in [6.07, 6.45) is 0.372. The summed E-state index contributed by atoms with van der Waals surface area (Å²) < 4.78 is 10.5. The Labute approximate surface area is 106 Å². The first-order chi connectivity index (χ1) is 8.71. The Morgan fingerprint density at radius 2 is 2.17 bits per heavy atom. The van der Waals surface area contributed by atoms with E-state index in [2.05, 4.69) is 0 Å². The highest BCUT2D eigenvalue weighted by molar-refractivity contribution is 5.97. The molecule has 98 valence electrons. The molecule has 0 bridgehead atoms. The van der Waals surface area contributed by atoms with Crippen LogP contribution in [0.15, 0.2) is 18.2 Å². The first kappa shape index (κ1) is 12.7. The molecular formula is C13H17NO4. The number of nitrogens with zero attached hydrogens (tertiary/aromatic N) is 1. The quantitative estimate of drug-likeness (QED) is 0.869. The standard InChI is InChI=1S/C13H17NO4/c1-17-11-5-3-4-10(13(11)18-2)14-7-9(8-15)6-12(14)16/h3-5,9,15H,6-8H2,1-2H3. The lowest BCUT2D eigenvalue weighted by Crippen LogP contribution is -2.25. The number of anilines is 1. The number of aliphatic hydroxyl groups excluding tert-OH is 1. The smallest absolute Gasteiger partial charge is 0.227 e. The number of ether oxygens (including phenoxy) is 2. The van der Waals surface area contributed by atoms with Crippen LogP contribution in [0, 0.1) is 5.92 Å². The Bertz CT molecular complexity index is 447. The van der Waals surface area contributed by atoms with Gasteiger partial charge >= 0.3 is 0 Å². The van der Waals surface area contributed by atoms with Crippen LogP contribution in [0.1, 0.15) is 6.42 Å². The van der Waals surface area contributed by atoms with Crippen LogP contribution in [-0.2, 0) is 4.79 Å². The van der Waals surface area contributed by atoms with Gasteiger partial charge in [0, 0.05) is 25.5 Å². The first-order valence-corrected chi connectivity index (χ1v) is 5.83. The van der Waals surface area contributed by atoms with Gasteiger partial charge in [0.1, 0.15) is 0 Å². The van der Waals surface area contributed by atoms with Crippen LogP contribution in [-0.4, -0.2) is 38.4 Å². The van der Waals surface area contributed by atoms with Gasteiger partial charge in [0.05, 0.1) is 19.9 Å². The first-order valence-electron chi connectivity index (χ1n) is 5.83. The lowest BCUT2D eigenvalue weighted by Gasteiger charge is -2.20. The minimum absolute atomic E-state index is 0.000558. The second-order valence-corrected chi connectivity index (χ2v) is 4.27. The summed E-state index contributed by atoms with van der Waals surface area (Å²) in [5, 5.41) is 9.14. The molecule has 18 heavy (non-hydrogen) atoms. The van der Waals surface area contributed by atoms with Crippen LogP contribution in [0.3, 0.4) is 0 Å². The molecule has 1 aromatic carbocycles. The lowest BCUT2D eigenvalue weighted by molar-refractivity contribution is -0.117. The van der Waals surface area contributed by atoms with Crippen LogP contribution in [0.2, 0.25) is 0 Å². The molecule has 1 aromatic rings. The third kappa shape index (κ3) is 2.13. The Kier molecular flexibility index (Phi) is 3.72. The highest BCUT2D eigenvalue weighted by atomic mass is 16.5. The van der Waals surface area contributed by atoms with Crippen molar-refractivity contribution in [3.8, 4) is 11.5 Å². The predicted octanol–water partition coefficient (Wildman–Crippen LogP) is 1.05. The van der Waals surface area contributed by atoms with E-state index in [4.69, 9.17) is 14.6 Å². The molecule has 0 radical (unpaired) electrons. The maximum absolute atomic E-state index is 11.9. The zero-order chi connectivity index (χ0) is 13.1. The van der Waals surface area contributed by atoms with E-state index in [-0.39, 0.29) is 18.4 Å². The van der Waals surface area contributed by atoms with Crippen molar-refractivity contribution >= 4 is 11.6 Å². The van der Waals surface area contributed by atoms with Crippen LogP contribution < -0.4 is 14.4 Å². The Morgan fingerprint density at radius 1 is 1.39 bits per heavy atom. The van der Waals surface area contributed by atoms with Gasteiger partial charge in [-0.15, -0.1) is 0 Å². The SMILES string of the molecule is COc1cccc(N2CC(CO)CC2=O)c1OC. The number of aliphatic hydroxyl groups is 1. The van der Waals surface area contributed by atoms with Crippen LogP contribution in [0.5, 0.6) is 11.5 Å². The van der Waals surface area contributed by atoms with Gasteiger partial charge in [0.2, 0.25) is 5.91 Å². The van der Waals surface area contributed by atoms with E-state index in [0.29, 0.717) is 30.2 Å². The molecule has 1 aliphatic heterocycles. The summed E-state index contributed by atoms with van der Waals surface area (Å²) in [6.45, 7) is 0.535. The number of amides is 1. The fourth-order valence-corrected chi connectivity index (χ4v) is 2.22. The van der Waals surface area contributed by atoms with E-state index in [1.54, 1.807) is 25.2 Å². The van der Waals surface area contributed by atoms with Crippen molar-refractivity contribution in [2.75, 3.05) is 32.3 Å². The number of para-hydroxylation sites is 1. The summed E-state index contributed by atoms with van der Waals surface area (Å²) in [4.78, 5) is 13.6. The molecule has 0 saturated carbocycles. The lowest BCUT2D eigenvalue weighted by atomic mass is 10.1. The third-order valence-corrected chi connectivity index (χ3v) is 3.14.